The van der Waals surface area contributed by atoms with Crippen molar-refractivity contribution in [1.82, 2.24) is 0 Å². The number of phenolic OH excluding ortho intramolecular Hbond substituents is 1. The van der Waals surface area contributed by atoms with Gasteiger partial charge in [0, 0.05) is 11.6 Å². The smallest absolute Gasteiger partial charge is 0.165 e. The molecule has 12 heavy (non-hydrogen) atoms. The van der Waals surface area contributed by atoms with Gasteiger partial charge < -0.3 is 5.11 Å². The predicted octanol–water partition coefficient (Wildman–Crippen LogP) is 1.74. The SMILES string of the molecule is N#CCc1cc(F)c(O)cc1F. The molecule has 0 saturated heterocycles. The molecule has 1 rings (SSSR count). The van der Waals surface area contributed by atoms with E-state index >= 15 is 0 Å². The molecule has 0 aromatic heterocycles. The molecule has 0 radical (unpaired) electrons. The molecule has 4 heteroatoms. The Morgan fingerprint density at radius 1 is 1.33 bits per heavy atom. The summed E-state index contributed by atoms with van der Waals surface area (Å²) in [5, 5.41) is 16.9. The number of rotatable bonds is 1. The maximum Gasteiger partial charge on any atom is 0.165 e. The summed E-state index contributed by atoms with van der Waals surface area (Å²) >= 11 is 0. The molecule has 0 aliphatic carbocycles. The van der Waals surface area contributed by atoms with E-state index in [9.17, 15) is 8.78 Å². The van der Waals surface area contributed by atoms with Crippen LogP contribution in [0.15, 0.2) is 12.1 Å². The van der Waals surface area contributed by atoms with Gasteiger partial charge in [-0.25, -0.2) is 8.78 Å². The van der Waals surface area contributed by atoms with Crippen LogP contribution in [0.3, 0.4) is 0 Å². The molecule has 1 N–H and O–H groups in total. The molecule has 1 aromatic rings. The fourth-order valence-electron chi connectivity index (χ4n) is 0.798. The van der Waals surface area contributed by atoms with E-state index in [-0.39, 0.29) is 12.0 Å². The van der Waals surface area contributed by atoms with Gasteiger partial charge in [0.1, 0.15) is 5.82 Å². The van der Waals surface area contributed by atoms with Crippen LogP contribution in [0.5, 0.6) is 5.75 Å². The first kappa shape index (κ1) is 8.47. The molecular weight excluding hydrogens is 164 g/mol. The van der Waals surface area contributed by atoms with Gasteiger partial charge in [0.2, 0.25) is 0 Å². The van der Waals surface area contributed by atoms with E-state index in [0.717, 1.165) is 6.07 Å². The van der Waals surface area contributed by atoms with Gasteiger partial charge in [-0.15, -0.1) is 0 Å². The minimum absolute atomic E-state index is 0.0483. The molecule has 0 unspecified atom stereocenters. The first-order valence-corrected chi connectivity index (χ1v) is 3.19. The van der Waals surface area contributed by atoms with Gasteiger partial charge in [0.25, 0.3) is 0 Å². The van der Waals surface area contributed by atoms with E-state index in [1.54, 1.807) is 6.07 Å². The maximum atomic E-state index is 12.7. The highest BCUT2D eigenvalue weighted by atomic mass is 19.1. The Morgan fingerprint density at radius 3 is 2.58 bits per heavy atom. The Bertz CT molecular complexity index is 344. The van der Waals surface area contributed by atoms with E-state index in [0.29, 0.717) is 6.07 Å². The molecule has 0 bridgehead atoms. The van der Waals surface area contributed by atoms with Crippen molar-refractivity contribution in [3.63, 3.8) is 0 Å². The van der Waals surface area contributed by atoms with E-state index in [2.05, 4.69) is 0 Å². The third-order valence-corrected chi connectivity index (χ3v) is 1.39. The number of hydrogen-bond donors (Lipinski definition) is 1. The highest BCUT2D eigenvalue weighted by molar-refractivity contribution is 5.30. The third-order valence-electron chi connectivity index (χ3n) is 1.39. The predicted molar refractivity (Wildman–Crippen MR) is 37.3 cm³/mol. The lowest BCUT2D eigenvalue weighted by atomic mass is 10.1. The standard InChI is InChI=1S/C8H5F2NO/c9-6-4-8(12)7(10)3-5(6)1-2-11/h3-4,12H,1H2. The van der Waals surface area contributed by atoms with Crippen molar-refractivity contribution in [3.8, 4) is 11.8 Å². The molecule has 1 aromatic carbocycles. The number of nitrogens with zero attached hydrogens (tertiary/aromatic N) is 1. The van der Waals surface area contributed by atoms with Crippen LogP contribution in [-0.4, -0.2) is 5.11 Å². The van der Waals surface area contributed by atoms with Crippen molar-refractivity contribution < 1.29 is 13.9 Å². The Morgan fingerprint density at radius 2 is 2.00 bits per heavy atom. The highest BCUT2D eigenvalue weighted by Gasteiger charge is 2.07. The second-order valence-electron chi connectivity index (χ2n) is 2.23. The van der Waals surface area contributed by atoms with Crippen LogP contribution in [0.4, 0.5) is 8.78 Å². The summed E-state index contributed by atoms with van der Waals surface area (Å²) in [7, 11) is 0. The lowest BCUT2D eigenvalue weighted by molar-refractivity contribution is 0.425. The molecule has 2 nitrogen and oxygen atoms in total. The van der Waals surface area contributed by atoms with Gasteiger partial charge in [-0.3, -0.25) is 0 Å². The average molecular weight is 169 g/mol. The van der Waals surface area contributed by atoms with Crippen LogP contribution in [0.2, 0.25) is 0 Å². The highest BCUT2D eigenvalue weighted by Crippen LogP contribution is 2.19. The second-order valence-corrected chi connectivity index (χ2v) is 2.23. The third kappa shape index (κ3) is 1.51. The fourth-order valence-corrected chi connectivity index (χ4v) is 0.798. The van der Waals surface area contributed by atoms with Gasteiger partial charge in [0.15, 0.2) is 11.6 Å². The molecular formula is C8H5F2NO. The summed E-state index contributed by atoms with van der Waals surface area (Å²) in [6.45, 7) is 0. The maximum absolute atomic E-state index is 12.7. The number of halogens is 2. The lowest BCUT2D eigenvalue weighted by Gasteiger charge is -1.99. The van der Waals surface area contributed by atoms with Crippen molar-refractivity contribution >= 4 is 0 Å². The van der Waals surface area contributed by atoms with E-state index < -0.39 is 17.4 Å². The van der Waals surface area contributed by atoms with Crippen molar-refractivity contribution in [2.45, 2.75) is 6.42 Å². The number of nitriles is 1. The molecule has 0 fully saturated rings. The zero-order valence-corrected chi connectivity index (χ0v) is 6.01. The monoisotopic (exact) mass is 169 g/mol. The van der Waals surface area contributed by atoms with E-state index in [1.807, 2.05) is 0 Å². The molecule has 0 saturated carbocycles. The van der Waals surface area contributed by atoms with Crippen molar-refractivity contribution in [2.24, 2.45) is 0 Å². The minimum Gasteiger partial charge on any atom is -0.505 e. The molecule has 0 aliphatic heterocycles. The van der Waals surface area contributed by atoms with Gasteiger partial charge in [-0.05, 0) is 6.07 Å². The Balaban J connectivity index is 3.16. The normalized spacial score (nSPS) is 9.42. The summed E-state index contributed by atoms with van der Waals surface area (Å²) in [5.74, 6) is -2.42. The topological polar surface area (TPSA) is 44.0 Å². The van der Waals surface area contributed by atoms with Crippen LogP contribution < -0.4 is 0 Å². The molecule has 0 amide bonds. The van der Waals surface area contributed by atoms with E-state index in [1.165, 1.54) is 0 Å². The van der Waals surface area contributed by atoms with Crippen molar-refractivity contribution in [3.05, 3.63) is 29.3 Å². The van der Waals surface area contributed by atoms with Crippen molar-refractivity contribution in [2.75, 3.05) is 0 Å². The van der Waals surface area contributed by atoms with Crippen LogP contribution in [0.25, 0.3) is 0 Å². The average Bonchev–Trinajstić information content (AvgIpc) is 2.01. The molecule has 0 heterocycles. The summed E-state index contributed by atoms with van der Waals surface area (Å²) in [6, 6.07) is 3.15. The number of benzene rings is 1. The molecule has 0 atom stereocenters. The molecule has 0 aliphatic rings. The lowest BCUT2D eigenvalue weighted by Crippen LogP contribution is -1.90. The first-order chi connectivity index (χ1) is 5.65. The zero-order chi connectivity index (χ0) is 9.14. The van der Waals surface area contributed by atoms with Crippen LogP contribution in [0, 0.1) is 23.0 Å². The van der Waals surface area contributed by atoms with Crippen molar-refractivity contribution in [1.29, 1.82) is 5.26 Å². The summed E-state index contributed by atoms with van der Waals surface area (Å²) < 4.78 is 25.3. The second kappa shape index (κ2) is 3.18. The first-order valence-electron chi connectivity index (χ1n) is 3.19. The summed E-state index contributed by atoms with van der Waals surface area (Å²) in [4.78, 5) is 0. The zero-order valence-electron chi connectivity index (χ0n) is 6.01. The number of aromatic hydroxyl groups is 1. The largest absolute Gasteiger partial charge is 0.505 e. The fraction of sp³-hybridized carbons (Fsp3) is 0.125. The van der Waals surface area contributed by atoms with Gasteiger partial charge in [0.05, 0.1) is 12.5 Å². The quantitative estimate of drug-likeness (QED) is 0.695. The molecule has 62 valence electrons. The van der Waals surface area contributed by atoms with Gasteiger partial charge in [-0.2, -0.15) is 5.26 Å². The number of phenols is 1. The minimum atomic E-state index is -0.915. The van der Waals surface area contributed by atoms with E-state index in [4.69, 9.17) is 10.4 Å². The number of hydrogen-bond acceptors (Lipinski definition) is 2. The van der Waals surface area contributed by atoms with Crippen LogP contribution in [-0.2, 0) is 6.42 Å². The van der Waals surface area contributed by atoms with Gasteiger partial charge >= 0.3 is 0 Å². The Hall–Kier alpha value is -1.63. The summed E-state index contributed by atoms with van der Waals surface area (Å²) in [5.41, 5.74) is -0.0483. The van der Waals surface area contributed by atoms with Crippen LogP contribution >= 0.6 is 0 Å². The van der Waals surface area contributed by atoms with Gasteiger partial charge in [-0.1, -0.05) is 0 Å². The summed E-state index contributed by atoms with van der Waals surface area (Å²) in [6.07, 6.45) is -0.205. The Labute approximate surface area is 67.7 Å². The molecule has 0 spiro atoms. The van der Waals surface area contributed by atoms with Crippen LogP contribution in [0.1, 0.15) is 5.56 Å². The Kier molecular flexibility index (Phi) is 2.24.